The zero-order valence-corrected chi connectivity index (χ0v) is 39.6. The summed E-state index contributed by atoms with van der Waals surface area (Å²) < 4.78 is 0. The molecule has 2 nitrogen and oxygen atoms in total. The summed E-state index contributed by atoms with van der Waals surface area (Å²) in [6.07, 6.45) is 0. The molecule has 0 saturated heterocycles. The zero-order chi connectivity index (χ0) is 44.9. The quantitative estimate of drug-likeness (QED) is 0.160. The van der Waals surface area contributed by atoms with Gasteiger partial charge in [-0.3, -0.25) is 0 Å². The molecule has 8 aromatic rings. The lowest BCUT2D eigenvalue weighted by molar-refractivity contribution is 0.569. The SMILES string of the molecule is Cc1cc2c3c(c1)N(c1cc(C(C)(C)C)cc(C(C)(C)C)c1)c1cc(C(C)(C)C)ccc1B3c1ccccc1N2c1ccc2c(c1)-c1ccccc1C21c2ccccc2-c2ccccc21. The van der Waals surface area contributed by atoms with Crippen molar-refractivity contribution in [2.75, 3.05) is 9.80 Å². The Morgan fingerprint density at radius 3 is 1.42 bits per heavy atom. The smallest absolute Gasteiger partial charge is 0.252 e. The zero-order valence-electron chi connectivity index (χ0n) is 39.6. The van der Waals surface area contributed by atoms with E-state index in [1.807, 2.05) is 0 Å². The first-order valence-electron chi connectivity index (χ1n) is 23.6. The Kier molecular flexibility index (Phi) is 8.29. The molecule has 0 amide bonds. The first kappa shape index (κ1) is 40.0. The number of benzene rings is 8. The van der Waals surface area contributed by atoms with Crippen molar-refractivity contribution in [2.24, 2.45) is 0 Å². The van der Waals surface area contributed by atoms with Crippen LogP contribution in [0.25, 0.3) is 22.3 Å². The Bertz CT molecular complexity index is 3240. The lowest BCUT2D eigenvalue weighted by Crippen LogP contribution is -2.61. The van der Waals surface area contributed by atoms with Gasteiger partial charge in [0.25, 0.3) is 6.71 Å². The van der Waals surface area contributed by atoms with E-state index >= 15 is 0 Å². The molecule has 0 aromatic heterocycles. The van der Waals surface area contributed by atoms with Crippen LogP contribution in [0.4, 0.5) is 34.1 Å². The van der Waals surface area contributed by atoms with E-state index in [-0.39, 0.29) is 28.4 Å². The van der Waals surface area contributed by atoms with Gasteiger partial charge in [-0.25, -0.2) is 0 Å². The van der Waals surface area contributed by atoms with Gasteiger partial charge in [-0.15, -0.1) is 0 Å². The molecular weight excluding hydrogens is 784 g/mol. The van der Waals surface area contributed by atoms with Crippen LogP contribution in [0.5, 0.6) is 0 Å². The van der Waals surface area contributed by atoms with Crippen molar-refractivity contribution in [1.82, 2.24) is 0 Å². The van der Waals surface area contributed by atoms with Gasteiger partial charge in [0.1, 0.15) is 0 Å². The van der Waals surface area contributed by atoms with E-state index in [2.05, 4.69) is 243 Å². The molecule has 1 spiro atoms. The molecule has 12 rings (SSSR count). The van der Waals surface area contributed by atoms with Gasteiger partial charge in [-0.2, -0.15) is 0 Å². The van der Waals surface area contributed by atoms with Crippen LogP contribution in [0.3, 0.4) is 0 Å². The number of para-hydroxylation sites is 1. The molecule has 0 N–H and O–H groups in total. The highest BCUT2D eigenvalue weighted by molar-refractivity contribution is 7.00. The monoisotopic (exact) mass is 840 g/mol. The van der Waals surface area contributed by atoms with E-state index in [1.165, 1.54) is 117 Å². The third-order valence-electron chi connectivity index (χ3n) is 15.1. The van der Waals surface area contributed by atoms with Crippen LogP contribution >= 0.6 is 0 Å². The molecule has 2 heterocycles. The standard InChI is InChI=1S/C62H57BN2/c1-38-31-56-58-57(32-38)65(43-34-40(60(5,6)7)33-41(35-43)61(8,9)10)55-36-39(59(2,3)4)27-30-53(55)63(58)52-25-17-18-26-54(52)64(56)42-28-29-51-47(37-42)46-21-13-16-24-50(46)62(51)48-22-14-11-19-44(48)45-20-12-15-23-49(45)62/h11-37H,1-10H3. The Morgan fingerprint density at radius 2 is 0.846 bits per heavy atom. The molecule has 0 radical (unpaired) electrons. The van der Waals surface area contributed by atoms with Gasteiger partial charge in [0.15, 0.2) is 0 Å². The number of rotatable bonds is 2. The summed E-state index contributed by atoms with van der Waals surface area (Å²) in [7, 11) is 0. The van der Waals surface area contributed by atoms with E-state index in [0.717, 1.165) is 0 Å². The van der Waals surface area contributed by atoms with Gasteiger partial charge in [-0.05, 0) is 155 Å². The molecule has 4 aliphatic rings. The Labute approximate surface area is 386 Å². The lowest BCUT2D eigenvalue weighted by atomic mass is 9.33. The summed E-state index contributed by atoms with van der Waals surface area (Å²) in [6, 6.07) is 63.6. The summed E-state index contributed by atoms with van der Waals surface area (Å²) in [5.41, 5.74) is 27.1. The Hall–Kier alpha value is -6.58. The van der Waals surface area contributed by atoms with Gasteiger partial charge >= 0.3 is 0 Å². The van der Waals surface area contributed by atoms with E-state index < -0.39 is 0 Å². The van der Waals surface area contributed by atoms with Crippen molar-refractivity contribution >= 4 is 57.2 Å². The third-order valence-corrected chi connectivity index (χ3v) is 15.1. The molecule has 3 heteroatoms. The third kappa shape index (κ3) is 5.60. The normalized spacial score (nSPS) is 15.0. The molecule has 0 bridgehead atoms. The number of anilines is 6. The minimum absolute atomic E-state index is 0.0166. The predicted octanol–water partition coefficient (Wildman–Crippen LogP) is 14.3. The fraction of sp³-hybridized carbons (Fsp3) is 0.226. The highest BCUT2D eigenvalue weighted by Gasteiger charge is 2.52. The van der Waals surface area contributed by atoms with Gasteiger partial charge in [-0.1, -0.05) is 178 Å². The predicted molar refractivity (Wildman–Crippen MR) is 278 cm³/mol. The fourth-order valence-corrected chi connectivity index (χ4v) is 11.9. The topological polar surface area (TPSA) is 6.48 Å². The van der Waals surface area contributed by atoms with E-state index in [4.69, 9.17) is 0 Å². The average molecular weight is 841 g/mol. The van der Waals surface area contributed by atoms with Gasteiger partial charge in [0, 0.05) is 34.1 Å². The van der Waals surface area contributed by atoms with Crippen molar-refractivity contribution in [3.63, 3.8) is 0 Å². The minimum Gasteiger partial charge on any atom is -0.311 e. The van der Waals surface area contributed by atoms with Crippen LogP contribution in [0.1, 0.15) is 107 Å². The number of aryl methyl sites for hydroxylation is 1. The lowest BCUT2D eigenvalue weighted by Gasteiger charge is -2.45. The van der Waals surface area contributed by atoms with Crippen LogP contribution in [0, 0.1) is 6.92 Å². The van der Waals surface area contributed by atoms with Gasteiger partial charge in [0.2, 0.25) is 0 Å². The van der Waals surface area contributed by atoms with Crippen LogP contribution in [0.15, 0.2) is 164 Å². The second kappa shape index (κ2) is 13.5. The molecule has 2 aliphatic heterocycles. The van der Waals surface area contributed by atoms with Gasteiger partial charge in [0.05, 0.1) is 5.41 Å². The average Bonchev–Trinajstić information content (AvgIpc) is 3.74. The van der Waals surface area contributed by atoms with Gasteiger partial charge < -0.3 is 9.80 Å². The molecule has 318 valence electrons. The molecule has 65 heavy (non-hydrogen) atoms. The number of fused-ring (bicyclic) bond motifs is 14. The second-order valence-corrected chi connectivity index (χ2v) is 22.3. The summed E-state index contributed by atoms with van der Waals surface area (Å²) in [5.74, 6) is 0. The molecule has 8 aromatic carbocycles. The van der Waals surface area contributed by atoms with Crippen molar-refractivity contribution in [2.45, 2.75) is 90.9 Å². The molecule has 2 aliphatic carbocycles. The Balaban J connectivity index is 1.13. The first-order valence-corrected chi connectivity index (χ1v) is 23.6. The molecular formula is C62H57BN2. The first-order chi connectivity index (χ1) is 31.0. The largest absolute Gasteiger partial charge is 0.311 e. The number of nitrogens with zero attached hydrogens (tertiary/aromatic N) is 2. The summed E-state index contributed by atoms with van der Waals surface area (Å²) in [6.45, 7) is 23.4. The van der Waals surface area contributed by atoms with Crippen molar-refractivity contribution in [3.8, 4) is 22.3 Å². The maximum Gasteiger partial charge on any atom is 0.252 e. The number of hydrogen-bond acceptors (Lipinski definition) is 2. The second-order valence-electron chi connectivity index (χ2n) is 22.3. The Morgan fingerprint density at radius 1 is 0.369 bits per heavy atom. The summed E-state index contributed by atoms with van der Waals surface area (Å²) in [5, 5.41) is 0. The molecule has 0 saturated carbocycles. The van der Waals surface area contributed by atoms with E-state index in [0.29, 0.717) is 0 Å². The van der Waals surface area contributed by atoms with Crippen LogP contribution in [-0.4, -0.2) is 6.71 Å². The molecule has 0 atom stereocenters. The van der Waals surface area contributed by atoms with Crippen LogP contribution < -0.4 is 26.2 Å². The highest BCUT2D eigenvalue weighted by Crippen LogP contribution is 2.63. The number of hydrogen-bond donors (Lipinski definition) is 0. The van der Waals surface area contributed by atoms with E-state index in [9.17, 15) is 0 Å². The van der Waals surface area contributed by atoms with Crippen molar-refractivity contribution in [3.05, 3.63) is 208 Å². The molecule has 0 unspecified atom stereocenters. The summed E-state index contributed by atoms with van der Waals surface area (Å²) >= 11 is 0. The van der Waals surface area contributed by atoms with Crippen molar-refractivity contribution < 1.29 is 0 Å². The maximum atomic E-state index is 2.63. The van der Waals surface area contributed by atoms with Crippen molar-refractivity contribution in [1.29, 1.82) is 0 Å². The van der Waals surface area contributed by atoms with Crippen LogP contribution in [-0.2, 0) is 21.7 Å². The molecule has 0 fully saturated rings. The fourth-order valence-electron chi connectivity index (χ4n) is 11.9. The van der Waals surface area contributed by atoms with Crippen LogP contribution in [0.2, 0.25) is 0 Å². The minimum atomic E-state index is -0.380. The van der Waals surface area contributed by atoms with E-state index in [1.54, 1.807) is 0 Å². The highest BCUT2D eigenvalue weighted by atomic mass is 15.2. The summed E-state index contributed by atoms with van der Waals surface area (Å²) in [4.78, 5) is 5.21. The maximum absolute atomic E-state index is 2.63.